The number of amides is 1. The predicted molar refractivity (Wildman–Crippen MR) is 108 cm³/mol. The Morgan fingerprint density at radius 2 is 1.85 bits per heavy atom. The highest BCUT2D eigenvalue weighted by Gasteiger charge is 2.31. The van der Waals surface area contributed by atoms with E-state index in [1.54, 1.807) is 0 Å². The molecule has 27 heavy (non-hydrogen) atoms. The van der Waals surface area contributed by atoms with Gasteiger partial charge in [0.2, 0.25) is 5.91 Å². The van der Waals surface area contributed by atoms with Crippen LogP contribution in [0.15, 0.2) is 6.07 Å². The third kappa shape index (κ3) is 4.27. The van der Waals surface area contributed by atoms with E-state index in [9.17, 15) is 4.79 Å². The highest BCUT2D eigenvalue weighted by Crippen LogP contribution is 2.33. The second kappa shape index (κ2) is 8.57. The smallest absolute Gasteiger partial charge is 0.225 e. The molecule has 0 N–H and O–H groups in total. The average molecular weight is 371 g/mol. The van der Waals surface area contributed by atoms with E-state index >= 15 is 0 Å². The number of anilines is 1. The van der Waals surface area contributed by atoms with Crippen molar-refractivity contribution in [1.82, 2.24) is 15.1 Å². The molecule has 2 aliphatic carbocycles. The van der Waals surface area contributed by atoms with E-state index < -0.39 is 0 Å². The minimum Gasteiger partial charge on any atom is -0.352 e. The van der Waals surface area contributed by atoms with Crippen LogP contribution in [0.3, 0.4) is 0 Å². The fraction of sp³-hybridized carbons (Fsp3) is 0.773. The van der Waals surface area contributed by atoms with Crippen molar-refractivity contribution in [2.24, 2.45) is 11.8 Å². The molecule has 1 aromatic rings. The first-order valence-corrected chi connectivity index (χ1v) is 11.1. The number of hydrogen-bond donors (Lipinski definition) is 0. The van der Waals surface area contributed by atoms with Crippen LogP contribution in [0.4, 0.5) is 5.82 Å². The Balaban J connectivity index is 1.26. The summed E-state index contributed by atoms with van der Waals surface area (Å²) in [6.07, 6.45) is 12.1. The maximum Gasteiger partial charge on any atom is 0.225 e. The number of aryl methyl sites for hydroxylation is 2. The largest absolute Gasteiger partial charge is 0.352 e. The molecule has 0 atom stereocenters. The van der Waals surface area contributed by atoms with Gasteiger partial charge < -0.3 is 9.80 Å². The second-order valence-electron chi connectivity index (χ2n) is 8.70. The van der Waals surface area contributed by atoms with Crippen LogP contribution in [-0.2, 0) is 17.6 Å². The van der Waals surface area contributed by atoms with Crippen LogP contribution in [0.25, 0.3) is 0 Å². The fourth-order valence-corrected chi connectivity index (χ4v) is 5.08. The minimum atomic E-state index is 0.272. The number of fused-ring (bicyclic) bond motifs is 1. The van der Waals surface area contributed by atoms with E-state index in [0.29, 0.717) is 5.91 Å². The molecule has 5 nitrogen and oxygen atoms in total. The molecule has 0 unspecified atom stereocenters. The highest BCUT2D eigenvalue weighted by molar-refractivity contribution is 5.79. The normalized spacial score (nSPS) is 25.5. The van der Waals surface area contributed by atoms with Gasteiger partial charge >= 0.3 is 0 Å². The molecule has 1 saturated carbocycles. The molecule has 5 heteroatoms. The summed E-state index contributed by atoms with van der Waals surface area (Å²) in [5.74, 6) is 2.54. The van der Waals surface area contributed by atoms with Gasteiger partial charge in [0.1, 0.15) is 0 Å². The Labute approximate surface area is 163 Å². The van der Waals surface area contributed by atoms with Gasteiger partial charge in [-0.05, 0) is 62.5 Å². The van der Waals surface area contributed by atoms with E-state index in [4.69, 9.17) is 0 Å². The van der Waals surface area contributed by atoms with Crippen LogP contribution < -0.4 is 4.90 Å². The van der Waals surface area contributed by atoms with Crippen molar-refractivity contribution in [3.05, 3.63) is 17.3 Å². The SMILES string of the molecule is CCCCC1CCC(C(=O)N2CCN(c3cc4c(nn3)CCC4)CC2)CC1. The van der Waals surface area contributed by atoms with Gasteiger partial charge in [-0.2, -0.15) is 5.10 Å². The third-order valence-corrected chi connectivity index (χ3v) is 6.88. The first kappa shape index (κ1) is 18.7. The molecule has 1 aromatic heterocycles. The van der Waals surface area contributed by atoms with Gasteiger partial charge in [-0.1, -0.05) is 26.2 Å². The Kier molecular flexibility index (Phi) is 5.94. The van der Waals surface area contributed by atoms with E-state index in [1.807, 2.05) is 0 Å². The van der Waals surface area contributed by atoms with Gasteiger partial charge in [0.05, 0.1) is 5.69 Å². The van der Waals surface area contributed by atoms with Crippen molar-refractivity contribution in [2.75, 3.05) is 31.1 Å². The summed E-state index contributed by atoms with van der Waals surface area (Å²) in [4.78, 5) is 17.4. The van der Waals surface area contributed by atoms with Crippen LogP contribution >= 0.6 is 0 Å². The lowest BCUT2D eigenvalue weighted by Gasteiger charge is -2.38. The number of carbonyl (C=O) groups excluding carboxylic acids is 1. The summed E-state index contributed by atoms with van der Waals surface area (Å²) in [5.41, 5.74) is 2.56. The van der Waals surface area contributed by atoms with Crippen molar-refractivity contribution >= 4 is 11.7 Å². The van der Waals surface area contributed by atoms with Crippen LogP contribution in [0, 0.1) is 11.8 Å². The van der Waals surface area contributed by atoms with Crippen molar-refractivity contribution in [1.29, 1.82) is 0 Å². The van der Waals surface area contributed by atoms with Gasteiger partial charge in [0, 0.05) is 32.1 Å². The van der Waals surface area contributed by atoms with E-state index in [1.165, 1.54) is 49.8 Å². The number of rotatable bonds is 5. The summed E-state index contributed by atoms with van der Waals surface area (Å²) in [6, 6.07) is 2.23. The monoisotopic (exact) mass is 370 g/mol. The van der Waals surface area contributed by atoms with Crippen LogP contribution in [0.5, 0.6) is 0 Å². The van der Waals surface area contributed by atoms with E-state index in [-0.39, 0.29) is 5.92 Å². The molecule has 4 rings (SSSR count). The van der Waals surface area contributed by atoms with Crippen molar-refractivity contribution in [3.8, 4) is 0 Å². The molecule has 0 aromatic carbocycles. The standard InChI is InChI=1S/C22H34N4O/c1-2-3-5-17-8-10-18(11-9-17)22(27)26-14-12-25(13-15-26)21-16-19-6-4-7-20(19)23-24-21/h16-18H,2-15H2,1H3. The topological polar surface area (TPSA) is 49.3 Å². The maximum absolute atomic E-state index is 12.9. The summed E-state index contributed by atoms with van der Waals surface area (Å²) in [6.45, 7) is 5.68. The maximum atomic E-state index is 12.9. The molecule has 1 amide bonds. The molecule has 2 heterocycles. The average Bonchev–Trinajstić information content (AvgIpc) is 3.20. The first-order chi connectivity index (χ1) is 13.2. The highest BCUT2D eigenvalue weighted by atomic mass is 16.2. The molecular formula is C22H34N4O. The van der Waals surface area contributed by atoms with Gasteiger partial charge in [-0.15, -0.1) is 5.10 Å². The molecule has 3 aliphatic rings. The van der Waals surface area contributed by atoms with E-state index in [2.05, 4.69) is 33.0 Å². The molecule has 148 valence electrons. The van der Waals surface area contributed by atoms with Gasteiger partial charge in [-0.25, -0.2) is 0 Å². The number of nitrogens with zero attached hydrogens (tertiary/aromatic N) is 4. The van der Waals surface area contributed by atoms with Gasteiger partial charge in [0.15, 0.2) is 5.82 Å². The Morgan fingerprint density at radius 3 is 2.59 bits per heavy atom. The lowest BCUT2D eigenvalue weighted by molar-refractivity contribution is -0.137. The molecule has 1 aliphatic heterocycles. The first-order valence-electron chi connectivity index (χ1n) is 11.1. The number of aromatic nitrogens is 2. The number of carbonyl (C=O) groups is 1. The van der Waals surface area contributed by atoms with Crippen molar-refractivity contribution < 1.29 is 4.79 Å². The zero-order chi connectivity index (χ0) is 18.6. The predicted octanol–water partition coefficient (Wildman–Crippen LogP) is 3.61. The zero-order valence-electron chi connectivity index (χ0n) is 16.8. The Hall–Kier alpha value is -1.65. The van der Waals surface area contributed by atoms with Gasteiger partial charge in [0.25, 0.3) is 0 Å². The third-order valence-electron chi connectivity index (χ3n) is 6.88. The lowest BCUT2D eigenvalue weighted by atomic mass is 9.79. The number of unbranched alkanes of at least 4 members (excludes halogenated alkanes) is 1. The number of piperazine rings is 1. The summed E-state index contributed by atoms with van der Waals surface area (Å²) >= 11 is 0. The molecule has 1 saturated heterocycles. The van der Waals surface area contributed by atoms with E-state index in [0.717, 1.165) is 63.6 Å². The van der Waals surface area contributed by atoms with Crippen molar-refractivity contribution in [3.63, 3.8) is 0 Å². The summed E-state index contributed by atoms with van der Waals surface area (Å²) in [5, 5.41) is 8.86. The molecule has 0 bridgehead atoms. The summed E-state index contributed by atoms with van der Waals surface area (Å²) < 4.78 is 0. The molecule has 0 radical (unpaired) electrons. The lowest BCUT2D eigenvalue weighted by Crippen LogP contribution is -2.51. The second-order valence-corrected chi connectivity index (χ2v) is 8.70. The Bertz CT molecular complexity index is 646. The van der Waals surface area contributed by atoms with Gasteiger partial charge in [-0.3, -0.25) is 4.79 Å². The molecule has 0 spiro atoms. The van der Waals surface area contributed by atoms with Crippen LogP contribution in [0.1, 0.15) is 69.5 Å². The molecule has 2 fully saturated rings. The Morgan fingerprint density at radius 1 is 1.07 bits per heavy atom. The summed E-state index contributed by atoms with van der Waals surface area (Å²) in [7, 11) is 0. The zero-order valence-corrected chi connectivity index (χ0v) is 16.8. The van der Waals surface area contributed by atoms with Crippen LogP contribution in [-0.4, -0.2) is 47.2 Å². The fourth-order valence-electron chi connectivity index (χ4n) is 5.08. The molecular weight excluding hydrogens is 336 g/mol. The quantitative estimate of drug-likeness (QED) is 0.794. The number of hydrogen-bond acceptors (Lipinski definition) is 4. The van der Waals surface area contributed by atoms with Crippen LogP contribution in [0.2, 0.25) is 0 Å². The minimum absolute atomic E-state index is 0.272. The van der Waals surface area contributed by atoms with Crippen molar-refractivity contribution in [2.45, 2.75) is 71.1 Å².